The molecule has 0 unspecified atom stereocenters. The predicted molar refractivity (Wildman–Crippen MR) is 109 cm³/mol. The van der Waals surface area contributed by atoms with E-state index < -0.39 is 0 Å². The molecule has 1 aliphatic heterocycles. The first kappa shape index (κ1) is 14.8. The number of aryl methyl sites for hydroxylation is 1. The van der Waals surface area contributed by atoms with Gasteiger partial charge in [-0.1, -0.05) is 0 Å². The Bertz CT molecular complexity index is 1090. The summed E-state index contributed by atoms with van der Waals surface area (Å²) in [7, 11) is 0. The molecule has 0 spiro atoms. The fraction of sp³-hybridized carbons (Fsp3) is 0.0435. The van der Waals surface area contributed by atoms with Crippen LogP contribution in [0.5, 0.6) is 0 Å². The molecule has 25 heavy (non-hydrogen) atoms. The van der Waals surface area contributed by atoms with Crippen LogP contribution in [0.1, 0.15) is 5.56 Å². The quantitative estimate of drug-likeness (QED) is 0.440. The van der Waals surface area contributed by atoms with E-state index in [1.54, 1.807) is 0 Å². The molecule has 120 valence electrons. The number of hydrogen-bond donors (Lipinski definition) is 1. The van der Waals surface area contributed by atoms with E-state index >= 15 is 0 Å². The molecule has 0 fully saturated rings. The molecule has 0 bridgehead atoms. The summed E-state index contributed by atoms with van der Waals surface area (Å²) in [5.74, 6) is 0. The number of hydrogen-bond acceptors (Lipinski definition) is 1. The Morgan fingerprint density at radius 2 is 1.44 bits per heavy atom. The van der Waals surface area contributed by atoms with Crippen molar-refractivity contribution in [3.05, 3.63) is 84.4 Å². The van der Waals surface area contributed by atoms with E-state index in [9.17, 15) is 0 Å². The molecule has 0 atom stereocenters. The van der Waals surface area contributed by atoms with Crippen LogP contribution in [0.3, 0.4) is 0 Å². The number of benzene rings is 4. The molecule has 0 radical (unpaired) electrons. The summed E-state index contributed by atoms with van der Waals surface area (Å²) in [4.78, 5) is 0. The molecular formula is C23H17NSe. The third-order valence-corrected chi connectivity index (χ3v) is 7.04. The van der Waals surface area contributed by atoms with Gasteiger partial charge in [0.15, 0.2) is 0 Å². The molecule has 1 N–H and O–H groups in total. The van der Waals surface area contributed by atoms with Crippen LogP contribution in [0, 0.1) is 6.92 Å². The second-order valence-electron chi connectivity index (χ2n) is 6.46. The Morgan fingerprint density at radius 3 is 2.28 bits per heavy atom. The monoisotopic (exact) mass is 387 g/mol. The topological polar surface area (TPSA) is 12.0 Å². The fourth-order valence-electron chi connectivity index (χ4n) is 3.45. The number of fused-ring (bicyclic) bond motifs is 2. The van der Waals surface area contributed by atoms with Gasteiger partial charge in [-0.25, -0.2) is 0 Å². The van der Waals surface area contributed by atoms with Crippen LogP contribution in [-0.4, -0.2) is 15.0 Å². The SMILES string of the molecule is Cc1ccc(Nc2ccc3c(c2)[Se]c2cccc4cccc-3c24)cc1. The summed E-state index contributed by atoms with van der Waals surface area (Å²) in [5, 5.41) is 6.33. The van der Waals surface area contributed by atoms with Gasteiger partial charge in [-0.2, -0.15) is 0 Å². The van der Waals surface area contributed by atoms with Gasteiger partial charge in [0.1, 0.15) is 0 Å². The number of rotatable bonds is 2. The van der Waals surface area contributed by atoms with Crippen molar-refractivity contribution in [2.75, 3.05) is 5.32 Å². The summed E-state index contributed by atoms with van der Waals surface area (Å²) in [6, 6.07) is 28.7. The third-order valence-electron chi connectivity index (χ3n) is 4.70. The van der Waals surface area contributed by atoms with Gasteiger partial charge in [-0.05, 0) is 0 Å². The second kappa shape index (κ2) is 5.77. The minimum atomic E-state index is 0.341. The van der Waals surface area contributed by atoms with Gasteiger partial charge in [0.2, 0.25) is 0 Å². The van der Waals surface area contributed by atoms with Crippen molar-refractivity contribution in [1.29, 1.82) is 0 Å². The molecule has 1 heterocycles. The van der Waals surface area contributed by atoms with Gasteiger partial charge in [0, 0.05) is 0 Å². The van der Waals surface area contributed by atoms with Crippen LogP contribution in [-0.2, 0) is 0 Å². The van der Waals surface area contributed by atoms with Crippen LogP contribution in [0.15, 0.2) is 78.9 Å². The molecular weight excluding hydrogens is 369 g/mol. The van der Waals surface area contributed by atoms with E-state index in [-0.39, 0.29) is 0 Å². The van der Waals surface area contributed by atoms with E-state index in [1.807, 2.05) is 0 Å². The van der Waals surface area contributed by atoms with Crippen molar-refractivity contribution in [1.82, 2.24) is 0 Å². The molecule has 1 nitrogen and oxygen atoms in total. The van der Waals surface area contributed by atoms with Gasteiger partial charge in [-0.3, -0.25) is 0 Å². The predicted octanol–water partition coefficient (Wildman–Crippen LogP) is 4.53. The van der Waals surface area contributed by atoms with E-state index in [0.717, 1.165) is 11.4 Å². The zero-order chi connectivity index (χ0) is 16.8. The van der Waals surface area contributed by atoms with Crippen LogP contribution in [0.25, 0.3) is 21.9 Å². The summed E-state index contributed by atoms with van der Waals surface area (Å²) >= 11 is 0.341. The van der Waals surface area contributed by atoms with E-state index in [0.29, 0.717) is 15.0 Å². The average molecular weight is 386 g/mol. The van der Waals surface area contributed by atoms with Crippen LogP contribution >= 0.6 is 0 Å². The van der Waals surface area contributed by atoms with E-state index in [4.69, 9.17) is 0 Å². The minimum absolute atomic E-state index is 0.341. The molecule has 0 saturated carbocycles. The normalized spacial score (nSPS) is 12.0. The van der Waals surface area contributed by atoms with Crippen molar-refractivity contribution >= 4 is 46.0 Å². The second-order valence-corrected chi connectivity index (χ2v) is 8.74. The van der Waals surface area contributed by atoms with Gasteiger partial charge >= 0.3 is 154 Å². The fourth-order valence-corrected chi connectivity index (χ4v) is 5.94. The molecule has 5 rings (SSSR count). The summed E-state index contributed by atoms with van der Waals surface area (Å²) in [6.45, 7) is 2.11. The maximum atomic E-state index is 3.54. The Hall–Kier alpha value is -2.54. The van der Waals surface area contributed by atoms with Crippen molar-refractivity contribution in [2.24, 2.45) is 0 Å². The molecule has 1 aliphatic rings. The number of nitrogens with one attached hydrogen (secondary N) is 1. The van der Waals surface area contributed by atoms with Gasteiger partial charge in [0.25, 0.3) is 0 Å². The van der Waals surface area contributed by atoms with Crippen LogP contribution < -0.4 is 14.2 Å². The summed E-state index contributed by atoms with van der Waals surface area (Å²) in [5.41, 5.74) is 6.34. The Kier molecular flexibility index (Phi) is 3.41. The molecule has 0 aliphatic carbocycles. The first-order valence-electron chi connectivity index (χ1n) is 8.46. The van der Waals surface area contributed by atoms with Gasteiger partial charge < -0.3 is 0 Å². The maximum absolute atomic E-state index is 3.54. The molecule has 0 amide bonds. The molecule has 0 saturated heterocycles. The third kappa shape index (κ3) is 2.55. The first-order chi connectivity index (χ1) is 12.3. The molecule has 4 aromatic carbocycles. The molecule has 0 aromatic heterocycles. The van der Waals surface area contributed by atoms with Gasteiger partial charge in [-0.15, -0.1) is 0 Å². The van der Waals surface area contributed by atoms with Crippen molar-refractivity contribution in [3.8, 4) is 11.1 Å². The van der Waals surface area contributed by atoms with Crippen molar-refractivity contribution < 1.29 is 0 Å². The first-order valence-corrected chi connectivity index (χ1v) is 10.2. The van der Waals surface area contributed by atoms with E-state index in [1.165, 1.54) is 36.4 Å². The Labute approximate surface area is 153 Å². The Morgan fingerprint density at radius 1 is 0.680 bits per heavy atom. The van der Waals surface area contributed by atoms with Crippen molar-refractivity contribution in [3.63, 3.8) is 0 Å². The van der Waals surface area contributed by atoms with Crippen molar-refractivity contribution in [2.45, 2.75) is 6.92 Å². The summed E-state index contributed by atoms with van der Waals surface area (Å²) in [6.07, 6.45) is 0. The van der Waals surface area contributed by atoms with E-state index in [2.05, 4.69) is 91.1 Å². The van der Waals surface area contributed by atoms with Crippen LogP contribution in [0.4, 0.5) is 11.4 Å². The zero-order valence-electron chi connectivity index (χ0n) is 13.9. The Balaban J connectivity index is 1.59. The molecule has 2 heteroatoms. The standard InChI is InChI=1S/C23H17NSe/c1-15-8-10-17(11-9-15)24-18-12-13-19-20-6-2-4-16-5-3-7-21(23(16)20)25-22(19)14-18/h2-14,24H,1H3. The van der Waals surface area contributed by atoms with Gasteiger partial charge in [0.05, 0.1) is 0 Å². The van der Waals surface area contributed by atoms with Crippen LogP contribution in [0.2, 0.25) is 0 Å². The molecule has 4 aromatic rings. The summed E-state index contributed by atoms with van der Waals surface area (Å²) < 4.78 is 2.94. The average Bonchev–Trinajstić information content (AvgIpc) is 2.64. The zero-order valence-corrected chi connectivity index (χ0v) is 15.6. The number of anilines is 2.